The molecule has 0 saturated carbocycles. The van der Waals surface area contributed by atoms with E-state index in [2.05, 4.69) is 0 Å². The van der Waals surface area contributed by atoms with E-state index in [0.29, 0.717) is 35.8 Å². The quantitative estimate of drug-likeness (QED) is 0.392. The van der Waals surface area contributed by atoms with E-state index in [1.54, 1.807) is 16.9 Å². The number of nitrogens with zero attached hydrogens (tertiary/aromatic N) is 2. The molecule has 6 rings (SSSR count). The number of carbonyl (C=O) groups is 2. The zero-order chi connectivity index (χ0) is 29.8. The Labute approximate surface area is 246 Å². The Balaban J connectivity index is 1.35. The van der Waals surface area contributed by atoms with Crippen molar-refractivity contribution in [2.24, 2.45) is 5.92 Å². The van der Waals surface area contributed by atoms with Gasteiger partial charge in [-0.15, -0.1) is 0 Å². The van der Waals surface area contributed by atoms with Gasteiger partial charge in [-0.3, -0.25) is 14.5 Å². The minimum absolute atomic E-state index is 0.0344. The van der Waals surface area contributed by atoms with Gasteiger partial charge in [0.2, 0.25) is 0 Å². The fourth-order valence-electron chi connectivity index (χ4n) is 7.06. The molecule has 4 atom stereocenters. The maximum absolute atomic E-state index is 14.5. The first-order chi connectivity index (χ1) is 20.1. The van der Waals surface area contributed by atoms with Gasteiger partial charge in [0.15, 0.2) is 20.5 Å². The molecule has 3 heterocycles. The Kier molecular flexibility index (Phi) is 7.13. The summed E-state index contributed by atoms with van der Waals surface area (Å²) in [5.74, 6) is 0.595. The van der Waals surface area contributed by atoms with E-state index in [4.69, 9.17) is 14.2 Å². The van der Waals surface area contributed by atoms with Crippen molar-refractivity contribution in [2.75, 3.05) is 30.1 Å². The number of hydrogen-bond donors (Lipinski definition) is 2. The number of amides is 2. The second-order valence-corrected chi connectivity index (χ2v) is 15.8. The van der Waals surface area contributed by atoms with Gasteiger partial charge in [0.1, 0.15) is 11.5 Å². The predicted molar refractivity (Wildman–Crippen MR) is 161 cm³/mol. The third kappa shape index (κ3) is 4.41. The molecule has 10 heteroatoms. The molecule has 2 N–H and O–H groups in total. The van der Waals surface area contributed by atoms with Crippen LogP contribution in [0.3, 0.4) is 0 Å². The molecule has 9 nitrogen and oxygen atoms in total. The largest absolute Gasteiger partial charge is 0.497 e. The lowest BCUT2D eigenvalue weighted by atomic mass is 9.82. The van der Waals surface area contributed by atoms with Gasteiger partial charge in [-0.25, -0.2) is 0 Å². The fraction of sp³-hybridized carbons (Fsp3) is 0.375. The van der Waals surface area contributed by atoms with Crippen LogP contribution in [0.1, 0.15) is 24.5 Å². The summed E-state index contributed by atoms with van der Waals surface area (Å²) in [7, 11) is -1.20. The van der Waals surface area contributed by atoms with Crippen LogP contribution in [0.15, 0.2) is 66.7 Å². The number of ether oxygens (including phenoxy) is 3. The zero-order valence-electron chi connectivity index (χ0n) is 24.2. The molecule has 0 aliphatic carbocycles. The van der Waals surface area contributed by atoms with E-state index in [9.17, 15) is 19.5 Å². The van der Waals surface area contributed by atoms with Crippen LogP contribution in [-0.2, 0) is 26.5 Å². The maximum atomic E-state index is 14.5. The highest BCUT2D eigenvalue weighted by Gasteiger charge is 2.66. The first-order valence-corrected chi connectivity index (χ1v) is 17.3. The average molecular weight is 589 g/mol. The molecule has 3 aromatic rings. The van der Waals surface area contributed by atoms with Gasteiger partial charge < -0.3 is 29.0 Å². The van der Waals surface area contributed by atoms with Crippen molar-refractivity contribution in [3.05, 3.63) is 77.9 Å². The third-order valence-corrected chi connectivity index (χ3v) is 11.3. The summed E-state index contributed by atoms with van der Waals surface area (Å²) in [6.07, 6.45) is -0.113. The predicted octanol–water partition coefficient (Wildman–Crippen LogP) is 4.48. The van der Waals surface area contributed by atoms with Crippen molar-refractivity contribution < 1.29 is 33.7 Å². The summed E-state index contributed by atoms with van der Waals surface area (Å²) >= 11 is 0. The van der Waals surface area contributed by atoms with Gasteiger partial charge in [-0.05, 0) is 67.5 Å². The smallest absolute Gasteiger partial charge is 0.269 e. The van der Waals surface area contributed by atoms with Crippen LogP contribution in [0.4, 0.5) is 17.1 Å². The summed E-state index contributed by atoms with van der Waals surface area (Å²) in [5.41, 5.74) is 2.18. The number of rotatable bonds is 7. The molecule has 0 radical (unpaired) electrons. The Morgan fingerprint density at radius 3 is 2.48 bits per heavy atom. The monoisotopic (exact) mass is 588 g/mol. The fourth-order valence-corrected chi connectivity index (χ4v) is 9.66. The summed E-state index contributed by atoms with van der Waals surface area (Å²) in [5, 5.41) is 9.81. The van der Waals surface area contributed by atoms with Crippen LogP contribution in [0.2, 0.25) is 18.6 Å². The molecule has 0 bridgehead atoms. The Morgan fingerprint density at radius 1 is 1.05 bits per heavy atom. The van der Waals surface area contributed by atoms with E-state index in [1.165, 1.54) is 0 Å². The highest BCUT2D eigenvalue weighted by atomic mass is 28.4. The molecular weight excluding hydrogens is 552 g/mol. The van der Waals surface area contributed by atoms with Gasteiger partial charge in [0, 0.05) is 29.3 Å². The van der Waals surface area contributed by atoms with Crippen molar-refractivity contribution in [1.29, 1.82) is 0 Å². The molecule has 42 heavy (non-hydrogen) atoms. The van der Waals surface area contributed by atoms with E-state index < -0.39 is 20.0 Å². The number of benzene rings is 3. The number of anilines is 3. The molecule has 3 aliphatic rings. The van der Waals surface area contributed by atoms with E-state index in [-0.39, 0.29) is 36.5 Å². The van der Waals surface area contributed by atoms with Gasteiger partial charge in [-0.2, -0.15) is 0 Å². The highest BCUT2D eigenvalue weighted by molar-refractivity contribution is 6.71. The number of aliphatic hydroxyl groups excluding tert-OH is 1. The number of aliphatic hydroxyl groups is 1. The Hall–Kier alpha value is -3.70. The lowest BCUT2D eigenvalue weighted by Crippen LogP contribution is -2.46. The van der Waals surface area contributed by atoms with Crippen LogP contribution in [0, 0.1) is 5.92 Å². The lowest BCUT2D eigenvalue weighted by Gasteiger charge is -2.32. The number of hydrogen-bond acceptors (Lipinski definition) is 7. The average Bonchev–Trinajstić information content (AvgIpc) is 3.40. The summed E-state index contributed by atoms with van der Waals surface area (Å²) < 4.78 is 17.8. The third-order valence-electron chi connectivity index (χ3n) is 8.85. The second kappa shape index (κ2) is 10.5. The Morgan fingerprint density at radius 2 is 1.79 bits per heavy atom. The molecule has 1 spiro atoms. The van der Waals surface area contributed by atoms with Crippen molar-refractivity contribution in [3.8, 4) is 11.5 Å². The van der Waals surface area contributed by atoms with Crippen LogP contribution in [-0.4, -0.2) is 56.5 Å². The van der Waals surface area contributed by atoms with Gasteiger partial charge in [0.25, 0.3) is 11.8 Å². The van der Waals surface area contributed by atoms with Crippen LogP contribution in [0.25, 0.3) is 0 Å². The molecule has 3 aromatic carbocycles. The van der Waals surface area contributed by atoms with Crippen molar-refractivity contribution >= 4 is 37.2 Å². The zero-order valence-corrected chi connectivity index (χ0v) is 25.2. The van der Waals surface area contributed by atoms with Gasteiger partial charge >= 0.3 is 0 Å². The van der Waals surface area contributed by atoms with Crippen molar-refractivity contribution in [1.82, 2.24) is 0 Å². The standard InChI is InChI=1S/C32H36N2O7Si/c1-20-30(42(3,4)38)28(15-16-35)41-32(20)24-17-23(39-2)13-14-25(24)33(31(32)37)18-21-9-11-22(12-10-21)34-26-7-5-6-8-27(26)40-19-29(34)36/h5-14,17,20,28,30,35,38H,15-16,18-19H2,1-4H3/t20-,28+,30-,32+/m1/s1. The first-order valence-electron chi connectivity index (χ1n) is 14.3. The minimum atomic E-state index is -2.78. The van der Waals surface area contributed by atoms with E-state index >= 15 is 0 Å². The SMILES string of the molecule is COc1ccc2c(c1)[C@]1(O[C@@H](CCO)[C@H]([Si](C)(C)O)[C@H]1C)C(=O)N2Cc1ccc(N2C(=O)COc3ccccc32)cc1. The molecule has 1 saturated heterocycles. The van der Waals surface area contributed by atoms with E-state index in [1.807, 2.05) is 86.7 Å². The summed E-state index contributed by atoms with van der Waals surface area (Å²) in [6, 6.07) is 20.6. The molecule has 0 unspecified atom stereocenters. The van der Waals surface area contributed by atoms with Crippen LogP contribution >= 0.6 is 0 Å². The lowest BCUT2D eigenvalue weighted by molar-refractivity contribution is -0.146. The highest BCUT2D eigenvalue weighted by Crippen LogP contribution is 2.60. The van der Waals surface area contributed by atoms with Crippen LogP contribution in [0.5, 0.6) is 11.5 Å². The number of carbonyl (C=O) groups excluding carboxylic acids is 2. The molecule has 1 fully saturated rings. The molecule has 3 aliphatic heterocycles. The number of fused-ring (bicyclic) bond motifs is 3. The molecule has 2 amide bonds. The minimum Gasteiger partial charge on any atom is -0.497 e. The second-order valence-electron chi connectivity index (χ2n) is 11.8. The molecule has 220 valence electrons. The normalized spacial score (nSPS) is 25.0. The summed E-state index contributed by atoms with van der Waals surface area (Å²) in [6.45, 7) is 5.86. The first kappa shape index (κ1) is 28.4. The molecular formula is C32H36N2O7Si. The van der Waals surface area contributed by atoms with Gasteiger partial charge in [-0.1, -0.05) is 31.2 Å². The topological polar surface area (TPSA) is 109 Å². The van der Waals surface area contributed by atoms with Crippen molar-refractivity contribution in [2.45, 2.75) is 50.2 Å². The summed E-state index contributed by atoms with van der Waals surface area (Å²) in [4.78, 5) is 41.9. The van der Waals surface area contributed by atoms with Gasteiger partial charge in [0.05, 0.1) is 31.1 Å². The number of methoxy groups -OCH3 is 1. The molecule has 0 aromatic heterocycles. The van der Waals surface area contributed by atoms with Crippen molar-refractivity contribution in [3.63, 3.8) is 0 Å². The maximum Gasteiger partial charge on any atom is 0.269 e. The van der Waals surface area contributed by atoms with Crippen LogP contribution < -0.4 is 19.3 Å². The van der Waals surface area contributed by atoms with E-state index in [0.717, 1.165) is 16.8 Å². The Bertz CT molecular complexity index is 1520. The number of para-hydroxylation sites is 2.